The minimum Gasteiger partial charge on any atom is -0.465 e. The Bertz CT molecular complexity index is 1150. The second-order valence-corrected chi connectivity index (χ2v) is 7.65. The smallest absolute Gasteiger partial charge is 0.416 e. The number of carbonyl (C=O) groups is 1. The first-order valence-corrected chi connectivity index (χ1v) is 9.96. The SMILES string of the molecule is Cn1c(C2CCN(C(=O)O)CC2)nc(-c2ccnc(N)n2)c1-c1cccc(C(F)(F)F)c1. The molecule has 32 heavy (non-hydrogen) atoms. The van der Waals surface area contributed by atoms with Gasteiger partial charge in [-0.25, -0.2) is 19.7 Å². The normalized spacial score (nSPS) is 15.2. The summed E-state index contributed by atoms with van der Waals surface area (Å²) in [6, 6.07) is 6.66. The summed E-state index contributed by atoms with van der Waals surface area (Å²) in [5.41, 5.74) is 6.59. The van der Waals surface area contributed by atoms with Gasteiger partial charge in [0.2, 0.25) is 5.95 Å². The molecule has 2 aromatic heterocycles. The number of alkyl halides is 3. The van der Waals surface area contributed by atoms with Gasteiger partial charge in [-0.1, -0.05) is 12.1 Å². The molecule has 8 nitrogen and oxygen atoms in total. The molecular weight excluding hydrogens is 425 g/mol. The number of anilines is 1. The number of amides is 1. The van der Waals surface area contributed by atoms with Crippen LogP contribution in [-0.4, -0.2) is 48.7 Å². The molecule has 11 heteroatoms. The largest absolute Gasteiger partial charge is 0.465 e. The van der Waals surface area contributed by atoms with Gasteiger partial charge in [-0.05, 0) is 31.0 Å². The molecule has 0 spiro atoms. The van der Waals surface area contributed by atoms with E-state index < -0.39 is 17.8 Å². The third-order valence-corrected chi connectivity index (χ3v) is 5.64. The number of halogens is 3. The number of hydrogen-bond donors (Lipinski definition) is 2. The molecule has 3 heterocycles. The van der Waals surface area contributed by atoms with E-state index in [4.69, 9.17) is 10.7 Å². The van der Waals surface area contributed by atoms with Gasteiger partial charge < -0.3 is 20.3 Å². The van der Waals surface area contributed by atoms with E-state index in [0.29, 0.717) is 54.4 Å². The number of rotatable bonds is 3. The predicted molar refractivity (Wildman–Crippen MR) is 111 cm³/mol. The molecule has 0 atom stereocenters. The Morgan fingerprint density at radius 1 is 1.19 bits per heavy atom. The molecule has 3 aromatic rings. The topological polar surface area (TPSA) is 110 Å². The van der Waals surface area contributed by atoms with Crippen molar-refractivity contribution in [1.82, 2.24) is 24.4 Å². The van der Waals surface area contributed by atoms with Crippen LogP contribution in [0.1, 0.15) is 30.1 Å². The van der Waals surface area contributed by atoms with E-state index in [9.17, 15) is 23.1 Å². The molecule has 4 rings (SSSR count). The highest BCUT2D eigenvalue weighted by Gasteiger charge is 2.32. The Hall–Kier alpha value is -3.63. The Morgan fingerprint density at radius 2 is 1.91 bits per heavy atom. The number of carboxylic acid groups (broad SMARTS) is 1. The summed E-state index contributed by atoms with van der Waals surface area (Å²) in [6.45, 7) is 0.725. The molecule has 1 aromatic carbocycles. The van der Waals surface area contributed by atoms with E-state index in [-0.39, 0.29) is 11.9 Å². The van der Waals surface area contributed by atoms with E-state index in [0.717, 1.165) is 12.1 Å². The van der Waals surface area contributed by atoms with Crippen LogP contribution in [0.3, 0.4) is 0 Å². The summed E-state index contributed by atoms with van der Waals surface area (Å²) in [4.78, 5) is 25.4. The highest BCUT2D eigenvalue weighted by Crippen LogP contribution is 2.38. The Labute approximate surface area is 181 Å². The lowest BCUT2D eigenvalue weighted by Crippen LogP contribution is -2.37. The molecule has 1 aliphatic rings. The second kappa shape index (κ2) is 8.13. The molecule has 1 saturated heterocycles. The predicted octanol–water partition coefficient (Wildman–Crippen LogP) is 4.00. The van der Waals surface area contributed by atoms with Crippen LogP contribution in [0.15, 0.2) is 36.5 Å². The maximum Gasteiger partial charge on any atom is 0.416 e. The van der Waals surface area contributed by atoms with Crippen LogP contribution >= 0.6 is 0 Å². The summed E-state index contributed by atoms with van der Waals surface area (Å²) in [5.74, 6) is 0.641. The lowest BCUT2D eigenvalue weighted by molar-refractivity contribution is -0.137. The van der Waals surface area contributed by atoms with Gasteiger partial charge in [-0.2, -0.15) is 13.2 Å². The van der Waals surface area contributed by atoms with E-state index >= 15 is 0 Å². The zero-order valence-electron chi connectivity index (χ0n) is 17.2. The third-order valence-electron chi connectivity index (χ3n) is 5.64. The minimum atomic E-state index is -4.49. The van der Waals surface area contributed by atoms with Crippen molar-refractivity contribution in [2.24, 2.45) is 7.05 Å². The lowest BCUT2D eigenvalue weighted by Gasteiger charge is -2.29. The van der Waals surface area contributed by atoms with Gasteiger partial charge in [0.05, 0.1) is 17.0 Å². The van der Waals surface area contributed by atoms with Crippen molar-refractivity contribution in [2.45, 2.75) is 24.9 Å². The van der Waals surface area contributed by atoms with E-state index in [1.165, 1.54) is 17.2 Å². The second-order valence-electron chi connectivity index (χ2n) is 7.65. The number of benzene rings is 1. The number of likely N-dealkylation sites (tertiary alicyclic amines) is 1. The van der Waals surface area contributed by atoms with E-state index in [2.05, 4.69) is 9.97 Å². The first-order valence-electron chi connectivity index (χ1n) is 9.96. The fourth-order valence-electron chi connectivity index (χ4n) is 4.07. The fourth-order valence-corrected chi connectivity index (χ4v) is 4.07. The number of imidazole rings is 1. The summed E-state index contributed by atoms with van der Waals surface area (Å²) >= 11 is 0. The monoisotopic (exact) mass is 446 g/mol. The highest BCUT2D eigenvalue weighted by molar-refractivity contribution is 5.78. The van der Waals surface area contributed by atoms with Gasteiger partial charge in [-0.3, -0.25) is 0 Å². The summed E-state index contributed by atoms with van der Waals surface area (Å²) in [5, 5.41) is 9.20. The highest BCUT2D eigenvalue weighted by atomic mass is 19.4. The van der Waals surface area contributed by atoms with Gasteiger partial charge in [0.1, 0.15) is 11.5 Å². The van der Waals surface area contributed by atoms with Gasteiger partial charge in [0.25, 0.3) is 0 Å². The van der Waals surface area contributed by atoms with Crippen molar-refractivity contribution in [1.29, 1.82) is 0 Å². The zero-order valence-corrected chi connectivity index (χ0v) is 17.2. The van der Waals surface area contributed by atoms with Gasteiger partial charge >= 0.3 is 12.3 Å². The maximum atomic E-state index is 13.3. The van der Waals surface area contributed by atoms with Crippen molar-refractivity contribution in [3.63, 3.8) is 0 Å². The molecule has 0 aliphatic carbocycles. The molecule has 0 bridgehead atoms. The number of hydrogen-bond acceptors (Lipinski definition) is 5. The van der Waals surface area contributed by atoms with Crippen molar-refractivity contribution in [2.75, 3.05) is 18.8 Å². The number of nitrogen functional groups attached to an aromatic ring is 1. The average molecular weight is 446 g/mol. The molecule has 0 saturated carbocycles. The Balaban J connectivity index is 1.83. The maximum absolute atomic E-state index is 13.3. The van der Waals surface area contributed by atoms with Crippen LogP contribution in [0, 0.1) is 0 Å². The van der Waals surface area contributed by atoms with E-state index in [1.54, 1.807) is 23.7 Å². The number of piperidine rings is 1. The average Bonchev–Trinajstić information content (AvgIpc) is 3.10. The van der Waals surface area contributed by atoms with Gasteiger partial charge in [-0.15, -0.1) is 0 Å². The van der Waals surface area contributed by atoms with Gasteiger partial charge in [0, 0.05) is 37.8 Å². The number of nitrogens with two attached hydrogens (primary N) is 1. The molecule has 1 amide bonds. The lowest BCUT2D eigenvalue weighted by atomic mass is 9.96. The standard InChI is InChI=1S/C21H21F3N6O2/c1-29-17(13-3-2-4-14(11-13)21(22,23)24)16(15-5-8-26-19(25)27-15)28-18(29)12-6-9-30(10-7-12)20(31)32/h2-5,8,11-12H,6-7,9-10H2,1H3,(H,31,32)(H2,25,26,27). The first-order chi connectivity index (χ1) is 15.1. The van der Waals surface area contributed by atoms with Crippen molar-refractivity contribution in [3.8, 4) is 22.6 Å². The zero-order chi connectivity index (χ0) is 23.0. The molecule has 1 fully saturated rings. The third kappa shape index (κ3) is 4.10. The van der Waals surface area contributed by atoms with Crippen LogP contribution in [0.5, 0.6) is 0 Å². The Kier molecular flexibility index (Phi) is 5.49. The quantitative estimate of drug-likeness (QED) is 0.629. The van der Waals surface area contributed by atoms with Crippen LogP contribution in [0.25, 0.3) is 22.6 Å². The summed E-state index contributed by atoms with van der Waals surface area (Å²) in [7, 11) is 1.75. The van der Waals surface area contributed by atoms with Crippen LogP contribution in [-0.2, 0) is 13.2 Å². The number of nitrogens with zero attached hydrogens (tertiary/aromatic N) is 5. The molecule has 0 radical (unpaired) electrons. The van der Waals surface area contributed by atoms with Crippen molar-refractivity contribution >= 4 is 12.0 Å². The van der Waals surface area contributed by atoms with Crippen LogP contribution < -0.4 is 5.73 Å². The minimum absolute atomic E-state index is 0.0273. The molecule has 168 valence electrons. The Morgan fingerprint density at radius 3 is 2.53 bits per heavy atom. The summed E-state index contributed by atoms with van der Waals surface area (Å²) in [6.07, 6.45) is -2.87. The first kappa shape index (κ1) is 21.6. The number of aromatic nitrogens is 4. The molecule has 1 aliphatic heterocycles. The molecular formula is C21H21F3N6O2. The molecule has 3 N–H and O–H groups in total. The van der Waals surface area contributed by atoms with Gasteiger partial charge in [0.15, 0.2) is 0 Å². The van der Waals surface area contributed by atoms with E-state index in [1.807, 2.05) is 0 Å². The molecule has 0 unspecified atom stereocenters. The van der Waals surface area contributed by atoms with Crippen molar-refractivity contribution < 1.29 is 23.1 Å². The fraction of sp³-hybridized carbons (Fsp3) is 0.333. The van der Waals surface area contributed by atoms with Crippen LogP contribution in [0.4, 0.5) is 23.9 Å². The summed E-state index contributed by atoms with van der Waals surface area (Å²) < 4.78 is 41.8. The van der Waals surface area contributed by atoms with Crippen molar-refractivity contribution in [3.05, 3.63) is 47.9 Å². The van der Waals surface area contributed by atoms with Crippen LogP contribution in [0.2, 0.25) is 0 Å².